The van der Waals surface area contributed by atoms with Gasteiger partial charge in [-0.15, -0.1) is 11.3 Å². The maximum absolute atomic E-state index is 11.9. The van der Waals surface area contributed by atoms with Crippen molar-refractivity contribution in [1.82, 2.24) is 4.98 Å². The topological polar surface area (TPSA) is 74.4 Å². The van der Waals surface area contributed by atoms with Gasteiger partial charge in [-0.1, -0.05) is 0 Å². The lowest BCUT2D eigenvalue weighted by atomic mass is 10.2. The summed E-state index contributed by atoms with van der Waals surface area (Å²) in [5.74, 6) is 0.00700. The predicted octanol–water partition coefficient (Wildman–Crippen LogP) is 2.79. The summed E-state index contributed by atoms with van der Waals surface area (Å²) in [5.41, 5.74) is 7.35. The summed E-state index contributed by atoms with van der Waals surface area (Å²) in [6, 6.07) is 4.91. The van der Waals surface area contributed by atoms with E-state index >= 15 is 0 Å². The average molecular weight is 292 g/mol. The highest BCUT2D eigenvalue weighted by Gasteiger charge is 2.14. The van der Waals surface area contributed by atoms with E-state index in [2.05, 4.69) is 4.98 Å². The van der Waals surface area contributed by atoms with Crippen molar-refractivity contribution >= 4 is 23.0 Å². The van der Waals surface area contributed by atoms with Crippen LogP contribution in [0.3, 0.4) is 0 Å². The molecule has 0 saturated carbocycles. The molecule has 0 radical (unpaired) electrons. The molecule has 0 amide bonds. The highest BCUT2D eigenvalue weighted by atomic mass is 32.1. The molecule has 0 fully saturated rings. The van der Waals surface area contributed by atoms with Gasteiger partial charge >= 0.3 is 5.97 Å². The van der Waals surface area contributed by atoms with Crippen LogP contribution in [0.15, 0.2) is 23.6 Å². The number of anilines is 1. The summed E-state index contributed by atoms with van der Waals surface area (Å²) in [6.07, 6.45) is 0. The van der Waals surface area contributed by atoms with Gasteiger partial charge in [-0.05, 0) is 32.0 Å². The average Bonchev–Trinajstić information content (AvgIpc) is 2.83. The van der Waals surface area contributed by atoms with Gasteiger partial charge in [-0.3, -0.25) is 0 Å². The number of carbonyl (C=O) groups excluding carboxylic acids is 1. The van der Waals surface area contributed by atoms with E-state index in [0.717, 1.165) is 10.7 Å². The number of hydrogen-bond donors (Lipinski definition) is 1. The molecule has 0 aliphatic heterocycles. The zero-order valence-electron chi connectivity index (χ0n) is 11.4. The van der Waals surface area contributed by atoms with Gasteiger partial charge in [0.05, 0.1) is 17.3 Å². The smallest absolute Gasteiger partial charge is 0.341 e. The first-order valence-electron chi connectivity index (χ1n) is 6.20. The van der Waals surface area contributed by atoms with Crippen molar-refractivity contribution in [3.63, 3.8) is 0 Å². The number of nitrogens with zero attached hydrogens (tertiary/aromatic N) is 1. The molecule has 0 saturated heterocycles. The van der Waals surface area contributed by atoms with E-state index < -0.39 is 5.97 Å². The standard InChI is InChI=1S/C14H16N2O3S/c1-3-18-14(17)12-6-10(15)4-5-13(12)19-7-11-8-20-9(2)16-11/h4-6,8H,3,7,15H2,1-2H3. The third-order valence-corrected chi connectivity index (χ3v) is 3.36. The van der Waals surface area contributed by atoms with Crippen LogP contribution in [-0.2, 0) is 11.3 Å². The third kappa shape index (κ3) is 3.48. The molecule has 2 rings (SSSR count). The lowest BCUT2D eigenvalue weighted by molar-refractivity contribution is 0.0521. The summed E-state index contributed by atoms with van der Waals surface area (Å²) in [7, 11) is 0. The largest absolute Gasteiger partial charge is 0.486 e. The first kappa shape index (κ1) is 14.3. The number of rotatable bonds is 5. The van der Waals surface area contributed by atoms with Gasteiger partial charge in [0.15, 0.2) is 0 Å². The fourth-order valence-corrected chi connectivity index (χ4v) is 2.27. The number of esters is 1. The highest BCUT2D eigenvalue weighted by molar-refractivity contribution is 7.09. The molecule has 0 unspecified atom stereocenters. The zero-order chi connectivity index (χ0) is 14.5. The Hall–Kier alpha value is -2.08. The SMILES string of the molecule is CCOC(=O)c1cc(N)ccc1OCc1csc(C)n1. The minimum Gasteiger partial charge on any atom is -0.486 e. The minimum atomic E-state index is -0.441. The van der Waals surface area contributed by atoms with Crippen LogP contribution >= 0.6 is 11.3 Å². The van der Waals surface area contributed by atoms with Crippen LogP contribution in [0.1, 0.15) is 28.0 Å². The number of nitrogens with two attached hydrogens (primary N) is 1. The number of hydrogen-bond acceptors (Lipinski definition) is 6. The molecule has 5 nitrogen and oxygen atoms in total. The Morgan fingerprint density at radius 3 is 2.90 bits per heavy atom. The van der Waals surface area contributed by atoms with E-state index in [-0.39, 0.29) is 0 Å². The van der Waals surface area contributed by atoms with Crippen LogP contribution in [0.4, 0.5) is 5.69 Å². The molecule has 0 aliphatic carbocycles. The van der Waals surface area contributed by atoms with E-state index in [1.54, 1.807) is 36.5 Å². The van der Waals surface area contributed by atoms with Crippen molar-refractivity contribution in [2.24, 2.45) is 0 Å². The molecule has 1 aromatic carbocycles. The van der Waals surface area contributed by atoms with E-state index in [1.165, 1.54) is 0 Å². The van der Waals surface area contributed by atoms with Crippen molar-refractivity contribution in [3.05, 3.63) is 39.8 Å². The van der Waals surface area contributed by atoms with Gasteiger partial charge in [0.1, 0.15) is 17.9 Å². The van der Waals surface area contributed by atoms with Crippen molar-refractivity contribution < 1.29 is 14.3 Å². The Balaban J connectivity index is 2.16. The minimum absolute atomic E-state index is 0.304. The molecule has 20 heavy (non-hydrogen) atoms. The van der Waals surface area contributed by atoms with Crippen molar-refractivity contribution in [2.75, 3.05) is 12.3 Å². The number of thiazole rings is 1. The molecule has 0 spiro atoms. The predicted molar refractivity (Wildman–Crippen MR) is 78.0 cm³/mol. The second-order valence-corrected chi connectivity index (χ2v) is 5.18. The Morgan fingerprint density at radius 1 is 1.45 bits per heavy atom. The van der Waals surface area contributed by atoms with Crippen LogP contribution in [0.5, 0.6) is 5.75 Å². The molecule has 106 valence electrons. The van der Waals surface area contributed by atoms with Crippen molar-refractivity contribution in [1.29, 1.82) is 0 Å². The highest BCUT2D eigenvalue weighted by Crippen LogP contribution is 2.23. The van der Waals surface area contributed by atoms with Gasteiger partial charge in [0, 0.05) is 11.1 Å². The molecule has 0 bridgehead atoms. The molecular weight excluding hydrogens is 276 g/mol. The molecule has 0 aliphatic rings. The van der Waals surface area contributed by atoms with Crippen LogP contribution in [0.25, 0.3) is 0 Å². The fourth-order valence-electron chi connectivity index (χ4n) is 1.67. The molecule has 1 aromatic heterocycles. The zero-order valence-corrected chi connectivity index (χ0v) is 12.2. The summed E-state index contributed by atoms with van der Waals surface area (Å²) in [6.45, 7) is 4.29. The maximum atomic E-state index is 11.9. The van der Waals surface area contributed by atoms with Crippen molar-refractivity contribution in [3.8, 4) is 5.75 Å². The lowest BCUT2D eigenvalue weighted by Crippen LogP contribution is -2.08. The van der Waals surface area contributed by atoms with Gasteiger partial charge in [0.25, 0.3) is 0 Å². The Kier molecular flexibility index (Phi) is 4.57. The summed E-state index contributed by atoms with van der Waals surface area (Å²) in [5, 5.41) is 2.91. The van der Waals surface area contributed by atoms with Crippen LogP contribution in [0, 0.1) is 6.92 Å². The Labute approximate surface area is 121 Å². The second kappa shape index (κ2) is 6.38. The first-order chi connectivity index (χ1) is 9.60. The quantitative estimate of drug-likeness (QED) is 0.677. The number of ether oxygens (including phenoxy) is 2. The van der Waals surface area contributed by atoms with Gasteiger partial charge in [0.2, 0.25) is 0 Å². The maximum Gasteiger partial charge on any atom is 0.341 e. The van der Waals surface area contributed by atoms with E-state index in [9.17, 15) is 4.79 Å². The molecule has 2 aromatic rings. The molecule has 6 heteroatoms. The van der Waals surface area contributed by atoms with Crippen LogP contribution < -0.4 is 10.5 Å². The van der Waals surface area contributed by atoms with E-state index in [4.69, 9.17) is 15.2 Å². The fraction of sp³-hybridized carbons (Fsp3) is 0.286. The first-order valence-corrected chi connectivity index (χ1v) is 7.08. The number of carbonyl (C=O) groups is 1. The Morgan fingerprint density at radius 2 is 2.25 bits per heavy atom. The summed E-state index contributed by atoms with van der Waals surface area (Å²) in [4.78, 5) is 16.2. The third-order valence-electron chi connectivity index (χ3n) is 2.54. The number of aromatic nitrogens is 1. The lowest BCUT2D eigenvalue weighted by Gasteiger charge is -2.10. The normalized spacial score (nSPS) is 10.3. The number of nitrogen functional groups attached to an aromatic ring is 1. The summed E-state index contributed by atoms with van der Waals surface area (Å²) >= 11 is 1.56. The molecular formula is C14H16N2O3S. The molecule has 2 N–H and O–H groups in total. The van der Waals surface area contributed by atoms with Gasteiger partial charge < -0.3 is 15.2 Å². The monoisotopic (exact) mass is 292 g/mol. The van der Waals surface area contributed by atoms with Crippen molar-refractivity contribution in [2.45, 2.75) is 20.5 Å². The number of benzene rings is 1. The van der Waals surface area contributed by atoms with Crippen LogP contribution in [0.2, 0.25) is 0 Å². The van der Waals surface area contributed by atoms with Gasteiger partial charge in [-0.2, -0.15) is 0 Å². The molecule has 1 heterocycles. The molecule has 0 atom stereocenters. The summed E-state index contributed by atoms with van der Waals surface area (Å²) < 4.78 is 10.6. The second-order valence-electron chi connectivity index (χ2n) is 4.12. The van der Waals surface area contributed by atoms with E-state index in [1.807, 2.05) is 12.3 Å². The van der Waals surface area contributed by atoms with Crippen LogP contribution in [-0.4, -0.2) is 17.6 Å². The van der Waals surface area contributed by atoms with E-state index in [0.29, 0.717) is 30.2 Å². The number of aryl methyl sites for hydroxylation is 1. The van der Waals surface area contributed by atoms with Gasteiger partial charge in [-0.25, -0.2) is 9.78 Å². The Bertz CT molecular complexity index is 610.